The normalized spacial score (nSPS) is 13.1. The van der Waals surface area contributed by atoms with Crippen LogP contribution in [0.2, 0.25) is 5.02 Å². The molecule has 9 heteroatoms. The van der Waals surface area contributed by atoms with Crippen LogP contribution in [-0.2, 0) is 17.9 Å². The van der Waals surface area contributed by atoms with Crippen molar-refractivity contribution in [2.75, 3.05) is 13.2 Å². The van der Waals surface area contributed by atoms with Crippen molar-refractivity contribution in [1.29, 1.82) is 0 Å². The smallest absolute Gasteiger partial charge is 0.308 e. The van der Waals surface area contributed by atoms with Crippen LogP contribution in [0.1, 0.15) is 37.4 Å². The molecule has 0 aliphatic heterocycles. The number of rotatable bonds is 12. The number of aromatic hydroxyl groups is 2. The molecule has 0 saturated carbocycles. The van der Waals surface area contributed by atoms with E-state index in [1.54, 1.807) is 25.1 Å². The van der Waals surface area contributed by atoms with Crippen LogP contribution in [0.15, 0.2) is 54.6 Å². The Morgan fingerprint density at radius 1 is 1.11 bits per heavy atom. The van der Waals surface area contributed by atoms with Crippen LogP contribution in [0.25, 0.3) is 0 Å². The van der Waals surface area contributed by atoms with E-state index >= 15 is 0 Å². The summed E-state index contributed by atoms with van der Waals surface area (Å²) in [5.41, 5.74) is 1.51. The fourth-order valence-electron chi connectivity index (χ4n) is 4.13. The average molecular weight is 505 g/mol. The van der Waals surface area contributed by atoms with Crippen molar-refractivity contribution in [3.63, 3.8) is 0 Å². The number of aromatic nitrogens is 1. The maximum atomic E-state index is 14.8. The minimum Gasteiger partial charge on any atom is -0.494 e. The van der Waals surface area contributed by atoms with E-state index in [9.17, 15) is 24.5 Å². The number of benzene rings is 2. The lowest BCUT2D eigenvalue weighted by atomic mass is 9.92. The Balaban J connectivity index is 1.76. The highest BCUT2D eigenvalue weighted by Gasteiger charge is 2.30. The van der Waals surface area contributed by atoms with E-state index in [1.807, 2.05) is 24.0 Å². The number of carbonyl (C=O) groups is 1. The molecule has 1 aromatic heterocycles. The molecule has 35 heavy (non-hydrogen) atoms. The number of carboxylic acid groups (broad SMARTS) is 1. The number of carboxylic acids is 1. The maximum absolute atomic E-state index is 14.8. The van der Waals surface area contributed by atoms with Crippen molar-refractivity contribution in [3.8, 4) is 17.5 Å². The number of hydrogen-bond acceptors (Lipinski definition) is 5. The summed E-state index contributed by atoms with van der Waals surface area (Å²) in [6, 6.07) is 14.1. The van der Waals surface area contributed by atoms with E-state index < -0.39 is 23.7 Å². The van der Waals surface area contributed by atoms with E-state index in [-0.39, 0.29) is 30.7 Å². The summed E-state index contributed by atoms with van der Waals surface area (Å²) in [4.78, 5) is 13.9. The summed E-state index contributed by atoms with van der Waals surface area (Å²) in [5.74, 6) is -2.32. The molecule has 0 saturated heterocycles. The Morgan fingerprint density at radius 2 is 1.77 bits per heavy atom. The van der Waals surface area contributed by atoms with Crippen molar-refractivity contribution in [2.45, 2.75) is 39.4 Å². The van der Waals surface area contributed by atoms with Gasteiger partial charge in [-0.1, -0.05) is 43.6 Å². The number of halogens is 2. The van der Waals surface area contributed by atoms with Gasteiger partial charge < -0.3 is 20.1 Å². The predicted octanol–water partition coefficient (Wildman–Crippen LogP) is 5.44. The van der Waals surface area contributed by atoms with E-state index in [2.05, 4.69) is 0 Å². The lowest BCUT2D eigenvalue weighted by Crippen LogP contribution is -2.36. The summed E-state index contributed by atoms with van der Waals surface area (Å²) in [6.07, 6.45) is 0.791. The number of aliphatic carboxylic acids is 1. The molecule has 0 fully saturated rings. The zero-order chi connectivity index (χ0) is 25.5. The zero-order valence-electron chi connectivity index (χ0n) is 19.7. The van der Waals surface area contributed by atoms with Crippen molar-refractivity contribution >= 4 is 17.6 Å². The monoisotopic (exact) mass is 504 g/mol. The van der Waals surface area contributed by atoms with Crippen LogP contribution in [-0.4, -0.2) is 43.9 Å². The molecule has 1 heterocycles. The van der Waals surface area contributed by atoms with Gasteiger partial charge in [0.15, 0.2) is 23.3 Å². The van der Waals surface area contributed by atoms with Gasteiger partial charge in [-0.2, -0.15) is 0 Å². The third-order valence-electron chi connectivity index (χ3n) is 5.87. The first-order valence-corrected chi connectivity index (χ1v) is 11.8. The molecule has 0 radical (unpaired) electrons. The van der Waals surface area contributed by atoms with Crippen molar-refractivity contribution in [1.82, 2.24) is 9.47 Å². The molecule has 2 atom stereocenters. The number of hydrogen-bond donors (Lipinski definition) is 3. The van der Waals surface area contributed by atoms with Gasteiger partial charge in [-0.15, -0.1) is 0 Å². The van der Waals surface area contributed by atoms with Gasteiger partial charge >= 0.3 is 5.97 Å². The Labute approximate surface area is 209 Å². The fourth-order valence-corrected chi connectivity index (χ4v) is 4.26. The molecule has 2 unspecified atom stereocenters. The van der Waals surface area contributed by atoms with Crippen LogP contribution >= 0.6 is 11.6 Å². The minimum atomic E-state index is -0.916. The first-order valence-electron chi connectivity index (χ1n) is 11.4. The summed E-state index contributed by atoms with van der Waals surface area (Å²) >= 11 is 6.03. The van der Waals surface area contributed by atoms with E-state index in [0.717, 1.165) is 12.0 Å². The first kappa shape index (κ1) is 26.4. The lowest BCUT2D eigenvalue weighted by Gasteiger charge is -2.34. The van der Waals surface area contributed by atoms with E-state index in [1.165, 1.54) is 28.8 Å². The van der Waals surface area contributed by atoms with Gasteiger partial charge in [0.2, 0.25) is 0 Å². The highest BCUT2D eigenvalue weighted by molar-refractivity contribution is 6.30. The highest BCUT2D eigenvalue weighted by atomic mass is 35.5. The van der Waals surface area contributed by atoms with E-state index in [4.69, 9.17) is 16.3 Å². The standard InChI is InChI=1S/C26H30ClFN2O5/c1-3-12-29(25(17(2)26(33)34)19-5-7-20(27)8-6-19)16-18-4-9-22(21(28)15-18)35-14-13-30-23(31)10-11-24(30)32/h4-11,15,17,25,31-32H,3,12-14,16H2,1-2H3,(H,33,34). The average Bonchev–Trinajstić information content (AvgIpc) is 3.14. The second-order valence-electron chi connectivity index (χ2n) is 8.41. The summed E-state index contributed by atoms with van der Waals surface area (Å²) in [5, 5.41) is 29.7. The molecule has 3 aromatic rings. The van der Waals surface area contributed by atoms with Crippen LogP contribution in [0.5, 0.6) is 17.5 Å². The van der Waals surface area contributed by atoms with Crippen LogP contribution < -0.4 is 4.74 Å². The van der Waals surface area contributed by atoms with Crippen LogP contribution in [0.4, 0.5) is 4.39 Å². The van der Waals surface area contributed by atoms with Gasteiger partial charge in [-0.25, -0.2) is 4.39 Å². The molecule has 0 spiro atoms. The Bertz CT molecular complexity index is 1120. The molecule has 3 N–H and O–H groups in total. The molecular formula is C26H30ClFN2O5. The van der Waals surface area contributed by atoms with Gasteiger partial charge in [0.1, 0.15) is 6.61 Å². The molecule has 2 aromatic carbocycles. The molecule has 7 nitrogen and oxygen atoms in total. The van der Waals surface area contributed by atoms with E-state index in [0.29, 0.717) is 23.7 Å². The molecular weight excluding hydrogens is 475 g/mol. The fraction of sp³-hybridized carbons (Fsp3) is 0.346. The minimum absolute atomic E-state index is 0.0444. The van der Waals surface area contributed by atoms with Crippen LogP contribution in [0, 0.1) is 11.7 Å². The molecule has 0 aliphatic carbocycles. The lowest BCUT2D eigenvalue weighted by molar-refractivity contribution is -0.143. The highest BCUT2D eigenvalue weighted by Crippen LogP contribution is 2.32. The van der Waals surface area contributed by atoms with Gasteiger partial charge in [0.25, 0.3) is 0 Å². The van der Waals surface area contributed by atoms with Crippen molar-refractivity contribution in [3.05, 3.63) is 76.6 Å². The van der Waals surface area contributed by atoms with Crippen molar-refractivity contribution in [2.24, 2.45) is 5.92 Å². The predicted molar refractivity (Wildman–Crippen MR) is 131 cm³/mol. The molecule has 0 bridgehead atoms. The second-order valence-corrected chi connectivity index (χ2v) is 8.84. The SMILES string of the molecule is CCCN(Cc1ccc(OCCn2c(O)ccc2O)c(F)c1)C(c1ccc(Cl)cc1)C(C)C(=O)O. The van der Waals surface area contributed by atoms with Crippen LogP contribution in [0.3, 0.4) is 0 Å². The zero-order valence-corrected chi connectivity index (χ0v) is 20.5. The summed E-state index contributed by atoms with van der Waals surface area (Å²) in [7, 11) is 0. The first-order chi connectivity index (χ1) is 16.7. The number of ether oxygens (including phenoxy) is 1. The summed E-state index contributed by atoms with van der Waals surface area (Å²) < 4.78 is 21.6. The second kappa shape index (κ2) is 12.0. The Morgan fingerprint density at radius 3 is 2.34 bits per heavy atom. The maximum Gasteiger partial charge on any atom is 0.308 e. The number of nitrogens with zero attached hydrogens (tertiary/aromatic N) is 2. The third kappa shape index (κ3) is 6.68. The van der Waals surface area contributed by atoms with Gasteiger partial charge in [0, 0.05) is 29.7 Å². The summed E-state index contributed by atoms with van der Waals surface area (Å²) in [6.45, 7) is 4.84. The Kier molecular flexibility index (Phi) is 9.01. The molecule has 0 amide bonds. The van der Waals surface area contributed by atoms with Gasteiger partial charge in [-0.3, -0.25) is 14.3 Å². The van der Waals surface area contributed by atoms with Crippen molar-refractivity contribution < 1.29 is 29.2 Å². The largest absolute Gasteiger partial charge is 0.494 e. The molecule has 3 rings (SSSR count). The van der Waals surface area contributed by atoms with Gasteiger partial charge in [0.05, 0.1) is 12.5 Å². The van der Waals surface area contributed by atoms with Gasteiger partial charge in [-0.05, 0) is 48.4 Å². The topological polar surface area (TPSA) is 95.2 Å². The molecule has 188 valence electrons. The third-order valence-corrected chi connectivity index (χ3v) is 6.12. The Hall–Kier alpha value is -3.23. The molecule has 0 aliphatic rings. The quantitative estimate of drug-likeness (QED) is 0.304.